The molecule has 2 aromatic carbocycles. The number of amides is 2. The number of ether oxygens (including phenoxy) is 1. The number of rotatable bonds is 5. The molecular weight excluding hydrogens is 394 g/mol. The molecular formula is C23H25N5O3. The molecule has 0 spiro atoms. The predicted molar refractivity (Wildman–Crippen MR) is 119 cm³/mol. The third-order valence-electron chi connectivity index (χ3n) is 5.29. The van der Waals surface area contributed by atoms with Gasteiger partial charge in [-0.3, -0.25) is 9.59 Å². The van der Waals surface area contributed by atoms with Crippen molar-refractivity contribution in [2.45, 2.75) is 20.0 Å². The summed E-state index contributed by atoms with van der Waals surface area (Å²) in [7, 11) is 1.57. The van der Waals surface area contributed by atoms with Crippen LogP contribution >= 0.6 is 0 Å². The van der Waals surface area contributed by atoms with Gasteiger partial charge < -0.3 is 20.3 Å². The van der Waals surface area contributed by atoms with Crippen molar-refractivity contribution in [3.63, 3.8) is 0 Å². The number of aryl methyl sites for hydroxylation is 1. The number of nitrogens with zero attached hydrogens (tertiary/aromatic N) is 3. The highest BCUT2D eigenvalue weighted by atomic mass is 16.5. The minimum Gasteiger partial charge on any atom is -0.477 e. The molecule has 3 aromatic rings. The number of aromatic nitrogens is 2. The van der Waals surface area contributed by atoms with Gasteiger partial charge >= 0.3 is 0 Å². The van der Waals surface area contributed by atoms with Crippen molar-refractivity contribution in [2.75, 3.05) is 30.4 Å². The number of para-hydroxylation sites is 3. The van der Waals surface area contributed by atoms with E-state index >= 15 is 0 Å². The normalized spacial score (nSPS) is 15.1. The molecule has 1 aliphatic heterocycles. The molecule has 8 heteroatoms. The molecule has 0 saturated carbocycles. The van der Waals surface area contributed by atoms with Crippen LogP contribution in [0, 0.1) is 13.8 Å². The number of nitrogens with one attached hydrogen (secondary N) is 2. The van der Waals surface area contributed by atoms with Crippen molar-refractivity contribution in [2.24, 2.45) is 0 Å². The van der Waals surface area contributed by atoms with Crippen LogP contribution in [-0.4, -0.2) is 47.8 Å². The maximum Gasteiger partial charge on any atom is 0.262 e. The van der Waals surface area contributed by atoms with Crippen LogP contribution in [0.2, 0.25) is 0 Å². The van der Waals surface area contributed by atoms with E-state index in [1.807, 2.05) is 72.0 Å². The molecule has 2 heterocycles. The molecule has 0 fully saturated rings. The van der Waals surface area contributed by atoms with E-state index < -0.39 is 6.10 Å². The van der Waals surface area contributed by atoms with Crippen molar-refractivity contribution in [3.05, 3.63) is 66.0 Å². The molecule has 0 saturated heterocycles. The Balaban J connectivity index is 1.54. The van der Waals surface area contributed by atoms with Crippen LogP contribution in [0.3, 0.4) is 0 Å². The lowest BCUT2D eigenvalue weighted by molar-refractivity contribution is -0.127. The van der Waals surface area contributed by atoms with E-state index in [2.05, 4.69) is 15.7 Å². The van der Waals surface area contributed by atoms with Crippen molar-refractivity contribution >= 4 is 23.2 Å². The summed E-state index contributed by atoms with van der Waals surface area (Å²) in [5.41, 5.74) is 3.99. The molecule has 1 atom stereocenters. The molecule has 0 radical (unpaired) electrons. The van der Waals surface area contributed by atoms with Crippen molar-refractivity contribution < 1.29 is 14.3 Å². The number of benzene rings is 2. The minimum atomic E-state index is -0.683. The Bertz CT molecular complexity index is 1110. The first-order valence-electron chi connectivity index (χ1n) is 10.1. The van der Waals surface area contributed by atoms with Crippen LogP contribution in [0.4, 0.5) is 11.4 Å². The number of carbonyl (C=O) groups excluding carboxylic acids is 2. The summed E-state index contributed by atoms with van der Waals surface area (Å²) in [6.45, 7) is 4.16. The van der Waals surface area contributed by atoms with Gasteiger partial charge in [0.05, 0.1) is 41.5 Å². The van der Waals surface area contributed by atoms with Gasteiger partial charge in [-0.15, -0.1) is 0 Å². The monoisotopic (exact) mass is 419 g/mol. The first-order chi connectivity index (χ1) is 15.0. The topological polar surface area (TPSA) is 88.5 Å². The SMILES string of the molecule is CNC(=O)[C@H]1CN(CC(=O)Nc2c(C)nn(-c3ccccc3)c2C)c2ccccc2O1. The highest BCUT2D eigenvalue weighted by Gasteiger charge is 2.31. The second-order valence-electron chi connectivity index (χ2n) is 7.41. The summed E-state index contributed by atoms with van der Waals surface area (Å²) in [6.07, 6.45) is -0.683. The molecule has 1 aliphatic rings. The van der Waals surface area contributed by atoms with Crippen LogP contribution in [0.15, 0.2) is 54.6 Å². The van der Waals surface area contributed by atoms with Crippen molar-refractivity contribution in [1.29, 1.82) is 0 Å². The van der Waals surface area contributed by atoms with E-state index in [-0.39, 0.29) is 24.9 Å². The molecule has 0 unspecified atom stereocenters. The van der Waals surface area contributed by atoms with Crippen molar-refractivity contribution in [1.82, 2.24) is 15.1 Å². The lowest BCUT2D eigenvalue weighted by atomic mass is 10.1. The van der Waals surface area contributed by atoms with Gasteiger partial charge in [-0.05, 0) is 38.1 Å². The zero-order chi connectivity index (χ0) is 22.0. The first kappa shape index (κ1) is 20.5. The van der Waals surface area contributed by atoms with Crippen LogP contribution in [0.25, 0.3) is 5.69 Å². The molecule has 2 amide bonds. The zero-order valence-electron chi connectivity index (χ0n) is 17.8. The molecule has 0 aliphatic carbocycles. The molecule has 2 N–H and O–H groups in total. The average molecular weight is 419 g/mol. The predicted octanol–water partition coefficient (Wildman–Crippen LogP) is 2.44. The third kappa shape index (κ3) is 4.09. The highest BCUT2D eigenvalue weighted by molar-refractivity contribution is 5.96. The quantitative estimate of drug-likeness (QED) is 0.663. The Kier molecular flexibility index (Phi) is 5.62. The van der Waals surface area contributed by atoms with Gasteiger partial charge in [0.25, 0.3) is 5.91 Å². The fraction of sp³-hybridized carbons (Fsp3) is 0.261. The van der Waals surface area contributed by atoms with E-state index in [1.165, 1.54) is 0 Å². The lowest BCUT2D eigenvalue weighted by Crippen LogP contribution is -2.50. The molecule has 1 aromatic heterocycles. The lowest BCUT2D eigenvalue weighted by Gasteiger charge is -2.35. The van der Waals surface area contributed by atoms with Gasteiger partial charge in [-0.2, -0.15) is 5.10 Å². The maximum atomic E-state index is 13.0. The molecule has 4 rings (SSSR count). The largest absolute Gasteiger partial charge is 0.477 e. The third-order valence-corrected chi connectivity index (χ3v) is 5.29. The molecule has 31 heavy (non-hydrogen) atoms. The Morgan fingerprint density at radius 1 is 1.10 bits per heavy atom. The highest BCUT2D eigenvalue weighted by Crippen LogP contribution is 2.33. The molecule has 8 nitrogen and oxygen atoms in total. The Hall–Kier alpha value is -3.81. The Morgan fingerprint density at radius 2 is 1.81 bits per heavy atom. The molecule has 160 valence electrons. The van der Waals surface area contributed by atoms with Gasteiger partial charge in [-0.25, -0.2) is 4.68 Å². The van der Waals surface area contributed by atoms with Gasteiger partial charge in [-0.1, -0.05) is 30.3 Å². The van der Waals surface area contributed by atoms with E-state index in [4.69, 9.17) is 4.74 Å². The van der Waals surface area contributed by atoms with Crippen LogP contribution in [0.1, 0.15) is 11.4 Å². The summed E-state index contributed by atoms with van der Waals surface area (Å²) in [6, 6.07) is 17.2. The van der Waals surface area contributed by atoms with E-state index in [9.17, 15) is 9.59 Å². The second kappa shape index (κ2) is 8.51. The number of hydrogen-bond donors (Lipinski definition) is 2. The van der Waals surface area contributed by atoms with Gasteiger partial charge in [0.2, 0.25) is 5.91 Å². The van der Waals surface area contributed by atoms with Crippen molar-refractivity contribution in [3.8, 4) is 11.4 Å². The summed E-state index contributed by atoms with van der Waals surface area (Å²) in [4.78, 5) is 27.0. The fourth-order valence-electron chi connectivity index (χ4n) is 3.75. The number of carbonyl (C=O) groups is 2. The zero-order valence-corrected chi connectivity index (χ0v) is 17.8. The minimum absolute atomic E-state index is 0.0866. The average Bonchev–Trinajstić information content (AvgIpc) is 3.07. The number of likely N-dealkylation sites (N-methyl/N-ethyl adjacent to an activating group) is 1. The standard InChI is InChI=1S/C23H25N5O3/c1-15-22(16(2)28(26-15)17-9-5-4-6-10-17)25-21(29)14-27-13-20(23(30)24-3)31-19-12-8-7-11-18(19)27/h4-12,20H,13-14H2,1-3H3,(H,24,30)(H,25,29)/t20-/m1/s1. The summed E-state index contributed by atoms with van der Waals surface area (Å²) in [5, 5.41) is 10.2. The summed E-state index contributed by atoms with van der Waals surface area (Å²) >= 11 is 0. The maximum absolute atomic E-state index is 13.0. The number of hydrogen-bond acceptors (Lipinski definition) is 5. The smallest absolute Gasteiger partial charge is 0.262 e. The summed E-state index contributed by atoms with van der Waals surface area (Å²) in [5.74, 6) is 0.168. The second-order valence-corrected chi connectivity index (χ2v) is 7.41. The first-order valence-corrected chi connectivity index (χ1v) is 10.1. The van der Waals surface area contributed by atoms with Crippen LogP contribution in [0.5, 0.6) is 5.75 Å². The van der Waals surface area contributed by atoms with Crippen LogP contribution < -0.4 is 20.3 Å². The Morgan fingerprint density at radius 3 is 2.55 bits per heavy atom. The van der Waals surface area contributed by atoms with Gasteiger partial charge in [0.15, 0.2) is 6.10 Å². The molecule has 0 bridgehead atoms. The summed E-state index contributed by atoms with van der Waals surface area (Å²) < 4.78 is 7.62. The van der Waals surface area contributed by atoms with E-state index in [1.54, 1.807) is 13.1 Å². The van der Waals surface area contributed by atoms with E-state index in [0.717, 1.165) is 22.8 Å². The number of anilines is 2. The van der Waals surface area contributed by atoms with Gasteiger partial charge in [0.1, 0.15) is 5.75 Å². The van der Waals surface area contributed by atoms with E-state index in [0.29, 0.717) is 11.4 Å². The fourth-order valence-corrected chi connectivity index (χ4v) is 3.75. The van der Waals surface area contributed by atoms with Crippen LogP contribution in [-0.2, 0) is 9.59 Å². The van der Waals surface area contributed by atoms with Gasteiger partial charge in [0, 0.05) is 7.05 Å². The number of fused-ring (bicyclic) bond motifs is 1. The Labute approximate surface area is 180 Å².